The Labute approximate surface area is 232 Å². The number of imide groups is 1. The topological polar surface area (TPSA) is 119 Å². The molecule has 2 fully saturated rings. The van der Waals surface area contributed by atoms with E-state index < -0.39 is 23.4 Å². The Kier molecular flexibility index (Phi) is 8.24. The molecule has 0 saturated carbocycles. The van der Waals surface area contributed by atoms with Gasteiger partial charge in [-0.2, -0.15) is 0 Å². The minimum absolute atomic E-state index is 0.0707. The molecule has 0 spiro atoms. The van der Waals surface area contributed by atoms with E-state index in [2.05, 4.69) is 38.8 Å². The number of hydrogen-bond donors (Lipinski definition) is 2. The van der Waals surface area contributed by atoms with Crippen molar-refractivity contribution in [3.8, 4) is 17.6 Å². The van der Waals surface area contributed by atoms with Crippen molar-refractivity contribution in [3.63, 3.8) is 0 Å². The van der Waals surface area contributed by atoms with Gasteiger partial charge in [0.25, 0.3) is 5.56 Å². The maximum absolute atomic E-state index is 13.2. The molecule has 0 radical (unpaired) electrons. The minimum atomic E-state index is -0.685. The number of carbonyl (C=O) groups is 2. The van der Waals surface area contributed by atoms with Crippen LogP contribution < -0.4 is 5.56 Å². The number of aromatic amines is 1. The molecule has 0 aliphatic carbocycles. The van der Waals surface area contributed by atoms with Crippen LogP contribution in [0.3, 0.4) is 0 Å². The fourth-order valence-electron chi connectivity index (χ4n) is 4.86. The van der Waals surface area contributed by atoms with Crippen LogP contribution in [0.1, 0.15) is 47.3 Å². The summed E-state index contributed by atoms with van der Waals surface area (Å²) in [5, 5.41) is 10.0. The van der Waals surface area contributed by atoms with Gasteiger partial charge in [0.15, 0.2) is 0 Å². The van der Waals surface area contributed by atoms with Gasteiger partial charge in [-0.15, -0.1) is 0 Å². The average molecular weight is 542 g/mol. The second-order valence-corrected chi connectivity index (χ2v) is 9.78. The van der Waals surface area contributed by atoms with Crippen LogP contribution in [0.2, 0.25) is 0 Å². The van der Waals surface area contributed by atoms with Gasteiger partial charge in [0.2, 0.25) is 11.7 Å². The molecule has 3 heterocycles. The van der Waals surface area contributed by atoms with Crippen LogP contribution in [0.25, 0.3) is 0 Å². The molecule has 5 rings (SSSR count). The van der Waals surface area contributed by atoms with E-state index in [1.54, 1.807) is 6.92 Å². The Hall–Kier alpha value is -4.46. The van der Waals surface area contributed by atoms with Crippen molar-refractivity contribution in [2.75, 3.05) is 32.8 Å². The van der Waals surface area contributed by atoms with Crippen LogP contribution in [-0.2, 0) is 22.6 Å². The van der Waals surface area contributed by atoms with E-state index in [1.165, 1.54) is 21.7 Å². The normalized spacial score (nSPS) is 17.5. The predicted octanol–water partition coefficient (Wildman–Crippen LogP) is 2.62. The summed E-state index contributed by atoms with van der Waals surface area (Å²) in [7, 11) is 0. The highest BCUT2D eigenvalue weighted by Crippen LogP contribution is 2.32. The molecule has 2 aliphatic heterocycles. The van der Waals surface area contributed by atoms with Crippen molar-refractivity contribution < 1.29 is 19.4 Å². The summed E-state index contributed by atoms with van der Waals surface area (Å²) in [6, 6.07) is 14.8. The summed E-state index contributed by atoms with van der Waals surface area (Å²) in [6.45, 7) is 6.18. The van der Waals surface area contributed by atoms with Gasteiger partial charge in [-0.05, 0) is 35.4 Å². The zero-order valence-corrected chi connectivity index (χ0v) is 22.3. The molecule has 3 amide bonds. The SMILES string of the molecule is CCC(=O)N1C(=O)N(Cc2nc[nH]c(=O)c2O)CC1c1ccc(C#Cc2ccc(CN3CCOCC3)cc2)cc1. The van der Waals surface area contributed by atoms with Crippen molar-refractivity contribution in [1.82, 2.24) is 24.7 Å². The monoisotopic (exact) mass is 541 g/mol. The average Bonchev–Trinajstić information content (AvgIpc) is 3.31. The number of morpholine rings is 1. The molecular formula is C30H31N5O5. The first-order valence-corrected chi connectivity index (χ1v) is 13.3. The Bertz CT molecular complexity index is 1480. The molecule has 10 nitrogen and oxygen atoms in total. The highest BCUT2D eigenvalue weighted by atomic mass is 16.5. The number of hydrogen-bond acceptors (Lipinski definition) is 7. The number of carbonyl (C=O) groups excluding carboxylic acids is 2. The first kappa shape index (κ1) is 27.1. The molecule has 206 valence electrons. The Morgan fingerprint density at radius 3 is 2.33 bits per heavy atom. The van der Waals surface area contributed by atoms with Gasteiger partial charge >= 0.3 is 6.03 Å². The lowest BCUT2D eigenvalue weighted by Crippen LogP contribution is -2.36. The van der Waals surface area contributed by atoms with Crippen LogP contribution in [0.5, 0.6) is 5.75 Å². The Balaban J connectivity index is 1.28. The number of benzene rings is 2. The van der Waals surface area contributed by atoms with Crippen LogP contribution in [-0.4, -0.2) is 74.6 Å². The van der Waals surface area contributed by atoms with Crippen molar-refractivity contribution in [2.45, 2.75) is 32.5 Å². The smallest absolute Gasteiger partial charge is 0.327 e. The van der Waals surface area contributed by atoms with Crippen molar-refractivity contribution in [2.24, 2.45) is 0 Å². The number of rotatable bonds is 6. The largest absolute Gasteiger partial charge is 0.502 e. The fourth-order valence-corrected chi connectivity index (χ4v) is 4.86. The second kappa shape index (κ2) is 12.2. The van der Waals surface area contributed by atoms with Crippen LogP contribution in [0, 0.1) is 11.8 Å². The summed E-state index contributed by atoms with van der Waals surface area (Å²) < 4.78 is 5.41. The summed E-state index contributed by atoms with van der Waals surface area (Å²) in [5.74, 6) is 5.54. The molecule has 2 aromatic carbocycles. The number of aromatic hydroxyl groups is 1. The van der Waals surface area contributed by atoms with Crippen LogP contribution in [0.4, 0.5) is 4.79 Å². The molecule has 0 bridgehead atoms. The molecule has 1 unspecified atom stereocenters. The number of urea groups is 1. The number of nitrogens with zero attached hydrogens (tertiary/aromatic N) is 4. The Morgan fingerprint density at radius 2 is 1.68 bits per heavy atom. The first-order valence-electron chi connectivity index (χ1n) is 13.3. The van der Waals surface area contributed by atoms with Gasteiger partial charge in [0.1, 0.15) is 5.69 Å². The lowest BCUT2D eigenvalue weighted by Gasteiger charge is -2.26. The van der Waals surface area contributed by atoms with Crippen LogP contribution >= 0.6 is 0 Å². The lowest BCUT2D eigenvalue weighted by atomic mass is 10.0. The van der Waals surface area contributed by atoms with E-state index in [-0.39, 0.29) is 31.1 Å². The van der Waals surface area contributed by atoms with E-state index in [9.17, 15) is 19.5 Å². The van der Waals surface area contributed by atoms with Crippen LogP contribution in [0.15, 0.2) is 59.7 Å². The van der Waals surface area contributed by atoms with Gasteiger partial charge in [0, 0.05) is 43.7 Å². The summed E-state index contributed by atoms with van der Waals surface area (Å²) in [4.78, 5) is 48.9. The molecule has 1 aromatic heterocycles. The third-order valence-corrected chi connectivity index (χ3v) is 7.11. The third kappa shape index (κ3) is 6.06. The molecule has 2 N–H and O–H groups in total. The van der Waals surface area contributed by atoms with Crippen molar-refractivity contribution >= 4 is 11.9 Å². The Morgan fingerprint density at radius 1 is 1.02 bits per heavy atom. The summed E-state index contributed by atoms with van der Waals surface area (Å²) >= 11 is 0. The van der Waals surface area contributed by atoms with Crippen molar-refractivity contribution in [1.29, 1.82) is 0 Å². The molecule has 2 aliphatic rings. The number of ether oxygens (including phenoxy) is 1. The van der Waals surface area contributed by atoms with Gasteiger partial charge in [0.05, 0.1) is 32.1 Å². The standard InChI is InChI=1S/C30H31N5O5/c1-2-27(36)35-26(19-34(30(35)39)18-25-28(37)29(38)32-20-31-25)24-11-9-22(10-12-24)4-3-21-5-7-23(8-6-21)17-33-13-15-40-16-14-33/h5-12,20,26,37H,2,13-19H2,1H3,(H,31,32,38). The molecule has 1 atom stereocenters. The third-order valence-electron chi connectivity index (χ3n) is 7.11. The van der Waals surface area contributed by atoms with Gasteiger partial charge in [-0.3, -0.25) is 19.4 Å². The predicted molar refractivity (Wildman–Crippen MR) is 147 cm³/mol. The minimum Gasteiger partial charge on any atom is -0.502 e. The molecule has 10 heteroatoms. The molecular weight excluding hydrogens is 510 g/mol. The molecule has 40 heavy (non-hydrogen) atoms. The molecule has 3 aromatic rings. The maximum atomic E-state index is 13.2. The first-order chi connectivity index (χ1) is 19.4. The van der Waals surface area contributed by atoms with Gasteiger partial charge < -0.3 is 19.7 Å². The summed E-state index contributed by atoms with van der Waals surface area (Å²) in [5.41, 5.74) is 3.15. The number of aromatic nitrogens is 2. The van der Waals surface area contributed by atoms with Gasteiger partial charge in [-0.1, -0.05) is 43.0 Å². The molecule has 2 saturated heterocycles. The van der Waals surface area contributed by atoms with E-state index in [0.29, 0.717) is 0 Å². The van der Waals surface area contributed by atoms with E-state index in [1.807, 2.05) is 36.4 Å². The highest BCUT2D eigenvalue weighted by Gasteiger charge is 2.41. The summed E-state index contributed by atoms with van der Waals surface area (Å²) in [6.07, 6.45) is 1.34. The zero-order chi connectivity index (χ0) is 28.1. The zero-order valence-electron chi connectivity index (χ0n) is 22.3. The fraction of sp³-hybridized carbons (Fsp3) is 0.333. The second-order valence-electron chi connectivity index (χ2n) is 9.78. The quantitative estimate of drug-likeness (QED) is 0.461. The van der Waals surface area contributed by atoms with E-state index in [0.717, 1.165) is 49.5 Å². The number of amides is 3. The maximum Gasteiger partial charge on any atom is 0.327 e. The van der Waals surface area contributed by atoms with Crippen molar-refractivity contribution in [3.05, 3.63) is 93.2 Å². The van der Waals surface area contributed by atoms with E-state index >= 15 is 0 Å². The lowest BCUT2D eigenvalue weighted by molar-refractivity contribution is -0.128. The highest BCUT2D eigenvalue weighted by molar-refractivity contribution is 5.96. The van der Waals surface area contributed by atoms with Gasteiger partial charge in [-0.25, -0.2) is 9.78 Å². The number of H-pyrrole nitrogens is 1. The number of nitrogens with one attached hydrogen (secondary N) is 1. The van der Waals surface area contributed by atoms with E-state index in [4.69, 9.17) is 4.74 Å².